The first-order valence-electron chi connectivity index (χ1n) is 5.90. The molecule has 0 aliphatic rings. The van der Waals surface area contributed by atoms with Crippen LogP contribution in [0.5, 0.6) is 0 Å². The molecule has 3 aromatic rings. The molecule has 0 saturated carbocycles. The van der Waals surface area contributed by atoms with Crippen molar-refractivity contribution in [2.24, 2.45) is 0 Å². The quantitative estimate of drug-likeness (QED) is 0.638. The van der Waals surface area contributed by atoms with Crippen molar-refractivity contribution in [1.29, 1.82) is 0 Å². The number of nitrogens with zero attached hydrogens (tertiary/aromatic N) is 1. The summed E-state index contributed by atoms with van der Waals surface area (Å²) in [5.41, 5.74) is 3.65. The summed E-state index contributed by atoms with van der Waals surface area (Å²) < 4.78 is 0. The van der Waals surface area contributed by atoms with Crippen LogP contribution in [0.3, 0.4) is 0 Å². The summed E-state index contributed by atoms with van der Waals surface area (Å²) in [5, 5.41) is 0. The Kier molecular flexibility index (Phi) is 2.95. The van der Waals surface area contributed by atoms with Crippen molar-refractivity contribution < 1.29 is 0 Å². The molecule has 2 heterocycles. The minimum Gasteiger partial charge on any atom is -0.264 e. The van der Waals surface area contributed by atoms with Crippen LogP contribution in [0.15, 0.2) is 60.9 Å². The Morgan fingerprint density at radius 3 is 2.22 bits per heavy atom. The molecule has 0 N–H and O–H groups in total. The second-order valence-corrected chi connectivity index (χ2v) is 5.52. The van der Waals surface area contributed by atoms with Crippen molar-refractivity contribution in [1.82, 2.24) is 4.98 Å². The molecule has 0 bridgehead atoms. The summed E-state index contributed by atoms with van der Waals surface area (Å²) >= 11 is 1.83. The Labute approximate surface area is 111 Å². The van der Waals surface area contributed by atoms with Crippen LogP contribution in [0.2, 0.25) is 0 Å². The highest BCUT2D eigenvalue weighted by molar-refractivity contribution is 7.15. The van der Waals surface area contributed by atoms with Gasteiger partial charge in [-0.15, -0.1) is 11.3 Å². The third kappa shape index (κ3) is 2.20. The van der Waals surface area contributed by atoms with Gasteiger partial charge in [0.2, 0.25) is 0 Å². The molecule has 2 aromatic heterocycles. The second kappa shape index (κ2) is 4.75. The molecule has 1 nitrogen and oxygen atoms in total. The topological polar surface area (TPSA) is 12.9 Å². The van der Waals surface area contributed by atoms with E-state index in [4.69, 9.17) is 0 Å². The summed E-state index contributed by atoms with van der Waals surface area (Å²) in [7, 11) is 0. The van der Waals surface area contributed by atoms with Crippen LogP contribution in [-0.2, 0) is 0 Å². The van der Waals surface area contributed by atoms with Gasteiger partial charge in [0.15, 0.2) is 0 Å². The molecule has 0 fully saturated rings. The maximum absolute atomic E-state index is 4.15. The van der Waals surface area contributed by atoms with E-state index in [-0.39, 0.29) is 0 Å². The molecular weight excluding hydrogens is 238 g/mol. The Morgan fingerprint density at radius 1 is 0.833 bits per heavy atom. The first-order valence-corrected chi connectivity index (χ1v) is 6.72. The summed E-state index contributed by atoms with van der Waals surface area (Å²) in [6, 6.07) is 17.0. The summed E-state index contributed by atoms with van der Waals surface area (Å²) in [6.07, 6.45) is 3.69. The number of benzene rings is 1. The van der Waals surface area contributed by atoms with Gasteiger partial charge in [-0.2, -0.15) is 0 Å². The highest BCUT2D eigenvalue weighted by Gasteiger charge is 2.01. The zero-order chi connectivity index (χ0) is 12.4. The number of thiophene rings is 1. The van der Waals surface area contributed by atoms with Crippen molar-refractivity contribution in [3.63, 3.8) is 0 Å². The molecule has 0 spiro atoms. The van der Waals surface area contributed by atoms with Gasteiger partial charge in [0, 0.05) is 22.1 Å². The molecule has 0 atom stereocenters. The lowest BCUT2D eigenvalue weighted by Gasteiger charge is -2.02. The van der Waals surface area contributed by atoms with Gasteiger partial charge in [-0.25, -0.2) is 0 Å². The van der Waals surface area contributed by atoms with E-state index in [1.54, 1.807) is 6.20 Å². The standard InChI is InChI=1S/C16H13NS/c1-12-4-9-16(18-12)14-7-5-13(6-8-14)15-3-2-10-17-11-15/h2-11H,1H3. The Bertz CT molecular complexity index is 638. The van der Waals surface area contributed by atoms with Gasteiger partial charge in [0.1, 0.15) is 0 Å². The van der Waals surface area contributed by atoms with Crippen molar-refractivity contribution in [3.8, 4) is 21.6 Å². The van der Waals surface area contributed by atoms with Gasteiger partial charge in [-0.1, -0.05) is 30.3 Å². The highest BCUT2D eigenvalue weighted by atomic mass is 32.1. The summed E-state index contributed by atoms with van der Waals surface area (Å²) in [6.45, 7) is 2.14. The average Bonchev–Trinajstić information content (AvgIpc) is 2.87. The van der Waals surface area contributed by atoms with Gasteiger partial charge in [0.25, 0.3) is 0 Å². The third-order valence-electron chi connectivity index (χ3n) is 2.90. The Balaban J connectivity index is 1.94. The fraction of sp³-hybridized carbons (Fsp3) is 0.0625. The number of aromatic nitrogens is 1. The van der Waals surface area contributed by atoms with Crippen LogP contribution in [0.25, 0.3) is 21.6 Å². The molecular formula is C16H13NS. The lowest BCUT2D eigenvalue weighted by atomic mass is 10.1. The second-order valence-electron chi connectivity index (χ2n) is 4.23. The number of hydrogen-bond acceptors (Lipinski definition) is 2. The van der Waals surface area contributed by atoms with E-state index in [1.807, 2.05) is 23.6 Å². The van der Waals surface area contributed by atoms with E-state index in [2.05, 4.69) is 54.4 Å². The molecule has 0 aliphatic carbocycles. The minimum absolute atomic E-state index is 1.16. The average molecular weight is 251 g/mol. The van der Waals surface area contributed by atoms with E-state index < -0.39 is 0 Å². The van der Waals surface area contributed by atoms with Gasteiger partial charge < -0.3 is 0 Å². The molecule has 88 valence electrons. The van der Waals surface area contributed by atoms with E-state index >= 15 is 0 Å². The zero-order valence-electron chi connectivity index (χ0n) is 10.1. The number of rotatable bonds is 2. The fourth-order valence-electron chi connectivity index (χ4n) is 1.95. The molecule has 0 saturated heterocycles. The van der Waals surface area contributed by atoms with Gasteiger partial charge in [-0.3, -0.25) is 4.98 Å². The fourth-order valence-corrected chi connectivity index (χ4v) is 2.82. The third-order valence-corrected chi connectivity index (χ3v) is 3.95. The van der Waals surface area contributed by atoms with Crippen molar-refractivity contribution in [3.05, 3.63) is 65.8 Å². The monoisotopic (exact) mass is 251 g/mol. The largest absolute Gasteiger partial charge is 0.264 e. The van der Waals surface area contributed by atoms with Crippen molar-refractivity contribution in [2.45, 2.75) is 6.92 Å². The highest BCUT2D eigenvalue weighted by Crippen LogP contribution is 2.29. The van der Waals surface area contributed by atoms with Crippen LogP contribution in [0.1, 0.15) is 4.88 Å². The lowest BCUT2D eigenvalue weighted by molar-refractivity contribution is 1.33. The van der Waals surface area contributed by atoms with Crippen molar-refractivity contribution in [2.75, 3.05) is 0 Å². The maximum atomic E-state index is 4.15. The Morgan fingerprint density at radius 2 is 1.61 bits per heavy atom. The van der Waals surface area contributed by atoms with Crippen LogP contribution in [0.4, 0.5) is 0 Å². The smallest absolute Gasteiger partial charge is 0.0346 e. The minimum atomic E-state index is 1.16. The van der Waals surface area contributed by atoms with Crippen LogP contribution in [0, 0.1) is 6.92 Å². The molecule has 18 heavy (non-hydrogen) atoms. The lowest BCUT2D eigenvalue weighted by Crippen LogP contribution is -1.79. The molecule has 1 aromatic carbocycles. The molecule has 0 unspecified atom stereocenters. The van der Waals surface area contributed by atoms with Crippen molar-refractivity contribution >= 4 is 11.3 Å². The SMILES string of the molecule is Cc1ccc(-c2ccc(-c3cccnc3)cc2)s1. The predicted octanol–water partition coefficient (Wildman–Crippen LogP) is 4.79. The van der Waals surface area contributed by atoms with Gasteiger partial charge >= 0.3 is 0 Å². The Hall–Kier alpha value is -1.93. The van der Waals surface area contributed by atoms with Crippen LogP contribution in [-0.4, -0.2) is 4.98 Å². The molecule has 0 amide bonds. The summed E-state index contributed by atoms with van der Waals surface area (Å²) in [5.74, 6) is 0. The van der Waals surface area contributed by atoms with E-state index in [1.165, 1.54) is 20.9 Å². The molecule has 0 radical (unpaired) electrons. The summed E-state index contributed by atoms with van der Waals surface area (Å²) in [4.78, 5) is 6.82. The number of hydrogen-bond donors (Lipinski definition) is 0. The first-order chi connectivity index (χ1) is 8.83. The van der Waals surface area contributed by atoms with E-state index in [9.17, 15) is 0 Å². The zero-order valence-corrected chi connectivity index (χ0v) is 10.9. The predicted molar refractivity (Wildman–Crippen MR) is 77.7 cm³/mol. The van der Waals surface area contributed by atoms with Crippen LogP contribution >= 0.6 is 11.3 Å². The van der Waals surface area contributed by atoms with Crippen LogP contribution < -0.4 is 0 Å². The van der Waals surface area contributed by atoms with E-state index in [0.29, 0.717) is 0 Å². The van der Waals surface area contributed by atoms with E-state index in [0.717, 1.165) is 5.56 Å². The molecule has 2 heteroatoms. The molecule has 3 rings (SSSR count). The number of pyridine rings is 1. The maximum Gasteiger partial charge on any atom is 0.0346 e. The van der Waals surface area contributed by atoms with Gasteiger partial charge in [-0.05, 0) is 41.8 Å². The molecule has 0 aliphatic heterocycles. The number of aryl methyl sites for hydroxylation is 1. The van der Waals surface area contributed by atoms with Gasteiger partial charge in [0.05, 0.1) is 0 Å². The normalized spacial score (nSPS) is 10.5. The first kappa shape index (κ1) is 11.2.